The molecule has 0 aliphatic carbocycles. The summed E-state index contributed by atoms with van der Waals surface area (Å²) in [6.07, 6.45) is 3.48. The van der Waals surface area contributed by atoms with Gasteiger partial charge in [-0.15, -0.1) is 0 Å². The van der Waals surface area contributed by atoms with E-state index < -0.39 is 34.1 Å². The number of sulfonamides is 1. The number of Topliss-reactive ketones (excluding diaryl/α,β-unsaturated/α-hetero) is 1. The van der Waals surface area contributed by atoms with Gasteiger partial charge in [0.1, 0.15) is 12.1 Å². The van der Waals surface area contributed by atoms with E-state index in [4.69, 9.17) is 5.73 Å². The second-order valence-corrected chi connectivity index (χ2v) is 11.2. The summed E-state index contributed by atoms with van der Waals surface area (Å²) in [5.41, 5.74) is 6.58. The van der Waals surface area contributed by atoms with Crippen LogP contribution in [0, 0.1) is 5.92 Å². The fraction of sp³-hybridized carbons (Fsp3) is 0.417. The van der Waals surface area contributed by atoms with Crippen LogP contribution >= 0.6 is 0 Å². The molecule has 0 bridgehead atoms. The molecule has 35 heavy (non-hydrogen) atoms. The molecular weight excluding hydrogens is 470 g/mol. The smallest absolute Gasteiger partial charge is 0.251 e. The SMILES string of the molecule is CC(C)CC(NC(=O)c1ccc(N)cc1)C(=O)N1CCC2C1C(=O)CN2S(=O)(=O)c1ccncc1. The second-order valence-electron chi connectivity index (χ2n) is 9.31. The lowest BCUT2D eigenvalue weighted by atomic mass is 10.0. The zero-order chi connectivity index (χ0) is 25.3. The van der Waals surface area contributed by atoms with Crippen molar-refractivity contribution in [2.45, 2.75) is 49.7 Å². The molecule has 0 radical (unpaired) electrons. The number of ketones is 1. The van der Waals surface area contributed by atoms with Crippen LogP contribution in [0.1, 0.15) is 37.0 Å². The van der Waals surface area contributed by atoms with E-state index >= 15 is 0 Å². The van der Waals surface area contributed by atoms with Crippen molar-refractivity contribution >= 4 is 33.3 Å². The van der Waals surface area contributed by atoms with Crippen LogP contribution in [0.2, 0.25) is 0 Å². The van der Waals surface area contributed by atoms with E-state index in [1.165, 1.54) is 33.7 Å². The Balaban J connectivity index is 1.54. The number of likely N-dealkylation sites (tertiary alicyclic amines) is 1. The molecule has 1 aromatic heterocycles. The number of hydrogen-bond acceptors (Lipinski definition) is 7. The molecule has 2 aliphatic rings. The minimum atomic E-state index is -3.92. The van der Waals surface area contributed by atoms with Crippen LogP contribution in [0.25, 0.3) is 0 Å². The van der Waals surface area contributed by atoms with Crippen LogP contribution in [0.3, 0.4) is 0 Å². The van der Waals surface area contributed by atoms with Gasteiger partial charge in [0.15, 0.2) is 5.78 Å². The molecule has 2 saturated heterocycles. The molecule has 2 aromatic rings. The number of amides is 2. The van der Waals surface area contributed by atoms with Gasteiger partial charge in [0.25, 0.3) is 5.91 Å². The average Bonchev–Trinajstić information content (AvgIpc) is 3.40. The Kier molecular flexibility index (Phi) is 6.91. The quantitative estimate of drug-likeness (QED) is 0.542. The molecule has 3 unspecified atom stereocenters. The van der Waals surface area contributed by atoms with Crippen molar-refractivity contribution in [1.82, 2.24) is 19.5 Å². The van der Waals surface area contributed by atoms with Crippen LogP contribution in [0.15, 0.2) is 53.7 Å². The summed E-state index contributed by atoms with van der Waals surface area (Å²) < 4.78 is 27.6. The predicted octanol–water partition coefficient (Wildman–Crippen LogP) is 1.05. The maximum Gasteiger partial charge on any atom is 0.251 e. The fourth-order valence-electron chi connectivity index (χ4n) is 4.76. The average molecular weight is 500 g/mol. The molecule has 2 fully saturated rings. The van der Waals surface area contributed by atoms with E-state index in [1.807, 2.05) is 13.8 Å². The number of hydrogen-bond donors (Lipinski definition) is 2. The van der Waals surface area contributed by atoms with Gasteiger partial charge in [-0.2, -0.15) is 4.31 Å². The first-order valence-electron chi connectivity index (χ1n) is 11.5. The minimum absolute atomic E-state index is 0.0548. The summed E-state index contributed by atoms with van der Waals surface area (Å²) in [7, 11) is -3.92. The Morgan fingerprint density at radius 3 is 2.43 bits per heavy atom. The second kappa shape index (κ2) is 9.74. The number of nitrogens with one attached hydrogen (secondary N) is 1. The van der Waals surface area contributed by atoms with E-state index in [0.717, 1.165) is 0 Å². The number of nitrogens with two attached hydrogens (primary N) is 1. The maximum atomic E-state index is 13.6. The highest BCUT2D eigenvalue weighted by molar-refractivity contribution is 7.89. The van der Waals surface area contributed by atoms with Gasteiger partial charge in [0, 0.05) is 30.2 Å². The van der Waals surface area contributed by atoms with E-state index in [1.54, 1.807) is 24.3 Å². The number of rotatable bonds is 7. The third-order valence-corrected chi connectivity index (χ3v) is 8.29. The van der Waals surface area contributed by atoms with E-state index in [2.05, 4.69) is 10.3 Å². The molecule has 3 atom stereocenters. The zero-order valence-corrected chi connectivity index (χ0v) is 20.4. The third-order valence-electron chi connectivity index (χ3n) is 6.40. The Hall–Kier alpha value is -3.31. The normalized spacial score (nSPS) is 21.2. The zero-order valence-electron chi connectivity index (χ0n) is 19.6. The Labute approximate surface area is 204 Å². The Morgan fingerprint density at radius 2 is 1.80 bits per heavy atom. The number of pyridine rings is 1. The van der Waals surface area contributed by atoms with Crippen molar-refractivity contribution in [3.63, 3.8) is 0 Å². The summed E-state index contributed by atoms with van der Waals surface area (Å²) in [5, 5.41) is 2.80. The van der Waals surface area contributed by atoms with Gasteiger partial charge in [-0.3, -0.25) is 19.4 Å². The molecule has 10 nitrogen and oxygen atoms in total. The van der Waals surface area contributed by atoms with Gasteiger partial charge >= 0.3 is 0 Å². The number of aromatic nitrogens is 1. The summed E-state index contributed by atoms with van der Waals surface area (Å²) in [6.45, 7) is 3.81. The Bertz CT molecular complexity index is 1220. The number of nitrogens with zero attached hydrogens (tertiary/aromatic N) is 3. The fourth-order valence-corrected chi connectivity index (χ4v) is 6.37. The molecule has 2 amide bonds. The van der Waals surface area contributed by atoms with E-state index in [0.29, 0.717) is 24.1 Å². The number of carbonyl (C=O) groups excluding carboxylic acids is 3. The van der Waals surface area contributed by atoms with Crippen molar-refractivity contribution in [1.29, 1.82) is 0 Å². The first kappa shape index (κ1) is 24.8. The van der Waals surface area contributed by atoms with Crippen molar-refractivity contribution in [2.75, 3.05) is 18.8 Å². The Morgan fingerprint density at radius 1 is 1.14 bits per heavy atom. The van der Waals surface area contributed by atoms with Crippen molar-refractivity contribution < 1.29 is 22.8 Å². The van der Waals surface area contributed by atoms with Gasteiger partial charge in [-0.1, -0.05) is 13.8 Å². The van der Waals surface area contributed by atoms with Crippen LogP contribution in [-0.2, 0) is 19.6 Å². The summed E-state index contributed by atoms with van der Waals surface area (Å²) in [5.74, 6) is -1.03. The monoisotopic (exact) mass is 499 g/mol. The lowest BCUT2D eigenvalue weighted by molar-refractivity contribution is -0.138. The van der Waals surface area contributed by atoms with Crippen LogP contribution < -0.4 is 11.1 Å². The first-order valence-corrected chi connectivity index (χ1v) is 12.9. The van der Waals surface area contributed by atoms with Gasteiger partial charge in [-0.05, 0) is 55.2 Å². The summed E-state index contributed by atoms with van der Waals surface area (Å²) >= 11 is 0. The van der Waals surface area contributed by atoms with Crippen LogP contribution in [-0.4, -0.2) is 71.4 Å². The van der Waals surface area contributed by atoms with Gasteiger partial charge in [0.05, 0.1) is 17.5 Å². The van der Waals surface area contributed by atoms with E-state index in [9.17, 15) is 22.8 Å². The molecule has 4 rings (SSSR count). The molecule has 3 N–H and O–H groups in total. The highest BCUT2D eigenvalue weighted by atomic mass is 32.2. The maximum absolute atomic E-state index is 13.6. The number of carbonyl (C=O) groups is 3. The first-order chi connectivity index (χ1) is 16.6. The third kappa shape index (κ3) is 4.92. The standard InChI is InChI=1S/C24H29N5O5S/c1-15(2)13-19(27-23(31)16-3-5-17(25)6-4-16)24(32)28-12-9-20-22(28)21(30)14-29(20)35(33,34)18-7-10-26-11-8-18/h3-8,10-11,15,19-20,22H,9,12-14,25H2,1-2H3,(H,27,31). The van der Waals surface area contributed by atoms with Crippen LogP contribution in [0.5, 0.6) is 0 Å². The lowest BCUT2D eigenvalue weighted by Gasteiger charge is -2.29. The van der Waals surface area contributed by atoms with E-state index in [-0.39, 0.29) is 35.6 Å². The number of nitrogen functional groups attached to an aromatic ring is 1. The minimum Gasteiger partial charge on any atom is -0.399 e. The molecule has 3 heterocycles. The van der Waals surface area contributed by atoms with Crippen molar-refractivity contribution in [3.05, 3.63) is 54.4 Å². The molecule has 2 aliphatic heterocycles. The predicted molar refractivity (Wildman–Crippen MR) is 129 cm³/mol. The van der Waals surface area contributed by atoms with Crippen LogP contribution in [0.4, 0.5) is 5.69 Å². The number of benzene rings is 1. The topological polar surface area (TPSA) is 143 Å². The lowest BCUT2D eigenvalue weighted by Crippen LogP contribution is -2.53. The van der Waals surface area contributed by atoms with Crippen molar-refractivity contribution in [2.24, 2.45) is 5.92 Å². The summed E-state index contributed by atoms with van der Waals surface area (Å²) in [4.78, 5) is 44.7. The molecule has 0 saturated carbocycles. The highest BCUT2D eigenvalue weighted by Crippen LogP contribution is 2.34. The van der Waals surface area contributed by atoms with Crippen molar-refractivity contribution in [3.8, 4) is 0 Å². The van der Waals surface area contributed by atoms with Gasteiger partial charge < -0.3 is 16.0 Å². The molecule has 11 heteroatoms. The number of anilines is 1. The molecule has 0 spiro atoms. The van der Waals surface area contributed by atoms with Gasteiger partial charge in [-0.25, -0.2) is 8.42 Å². The number of fused-ring (bicyclic) bond motifs is 1. The summed E-state index contributed by atoms with van der Waals surface area (Å²) in [6, 6.07) is 6.78. The molecule has 1 aromatic carbocycles. The van der Waals surface area contributed by atoms with Gasteiger partial charge in [0.2, 0.25) is 15.9 Å². The largest absolute Gasteiger partial charge is 0.399 e. The molecule has 186 valence electrons. The molecular formula is C24H29N5O5S. The highest BCUT2D eigenvalue weighted by Gasteiger charge is 2.54.